The van der Waals surface area contributed by atoms with E-state index in [0.29, 0.717) is 0 Å². The number of aliphatic imine (C=N–C) groups is 1. The van der Waals surface area contributed by atoms with Gasteiger partial charge in [0.15, 0.2) is 5.96 Å². The Balaban J connectivity index is 2.16. The predicted octanol–water partition coefficient (Wildman–Crippen LogP) is 2.60. The molecule has 0 aliphatic heterocycles. The fourth-order valence-electron chi connectivity index (χ4n) is 2.77. The summed E-state index contributed by atoms with van der Waals surface area (Å²) >= 11 is 0. The quantitative estimate of drug-likeness (QED) is 0.462. The maximum atomic E-state index is 4.26. The van der Waals surface area contributed by atoms with Gasteiger partial charge in [-0.1, -0.05) is 19.3 Å². The molecule has 1 aliphatic carbocycles. The number of nitrogens with zero attached hydrogens (tertiary/aromatic N) is 2. The van der Waals surface area contributed by atoms with Gasteiger partial charge in [-0.15, -0.1) is 0 Å². The molecule has 1 rings (SSSR count). The van der Waals surface area contributed by atoms with Gasteiger partial charge >= 0.3 is 0 Å². The molecular formula is C16H34N4. The van der Waals surface area contributed by atoms with Crippen molar-refractivity contribution in [3.8, 4) is 0 Å². The van der Waals surface area contributed by atoms with Crippen molar-refractivity contribution in [1.29, 1.82) is 0 Å². The highest BCUT2D eigenvalue weighted by atomic mass is 15.2. The van der Waals surface area contributed by atoms with Crippen LogP contribution in [-0.4, -0.2) is 49.6 Å². The third-order valence-corrected chi connectivity index (χ3v) is 3.90. The van der Waals surface area contributed by atoms with Crippen LogP contribution in [0.1, 0.15) is 59.3 Å². The van der Waals surface area contributed by atoms with Crippen molar-refractivity contribution < 1.29 is 0 Å². The van der Waals surface area contributed by atoms with Crippen molar-refractivity contribution >= 4 is 5.96 Å². The largest absolute Gasteiger partial charge is 0.356 e. The maximum Gasteiger partial charge on any atom is 0.191 e. The molecule has 0 radical (unpaired) electrons. The average Bonchev–Trinajstić information content (AvgIpc) is 2.41. The summed E-state index contributed by atoms with van der Waals surface area (Å²) in [5, 5.41) is 6.78. The zero-order chi connectivity index (χ0) is 15.0. The standard InChI is InChI=1S/C16H34N4/c1-16(2,3)19-15(17-4)18-12-9-13-20(5)14-10-7-6-8-11-14/h14H,6-13H2,1-5H3,(H2,17,18,19). The fourth-order valence-corrected chi connectivity index (χ4v) is 2.77. The van der Waals surface area contributed by atoms with Crippen LogP contribution < -0.4 is 10.6 Å². The minimum atomic E-state index is 0.0563. The summed E-state index contributed by atoms with van der Waals surface area (Å²) in [6.45, 7) is 8.60. The lowest BCUT2D eigenvalue weighted by molar-refractivity contribution is 0.190. The van der Waals surface area contributed by atoms with Gasteiger partial charge in [-0.05, 0) is 53.6 Å². The second kappa shape index (κ2) is 8.50. The number of guanidine groups is 1. The van der Waals surface area contributed by atoms with Gasteiger partial charge in [0.1, 0.15) is 0 Å². The number of rotatable bonds is 5. The van der Waals surface area contributed by atoms with Crippen LogP contribution in [0, 0.1) is 0 Å². The van der Waals surface area contributed by atoms with Crippen molar-refractivity contribution in [3.63, 3.8) is 0 Å². The molecule has 118 valence electrons. The zero-order valence-electron chi connectivity index (χ0n) is 14.1. The molecule has 20 heavy (non-hydrogen) atoms. The molecule has 0 saturated heterocycles. The van der Waals surface area contributed by atoms with Crippen LogP contribution in [0.3, 0.4) is 0 Å². The Morgan fingerprint density at radius 3 is 2.40 bits per heavy atom. The van der Waals surface area contributed by atoms with E-state index >= 15 is 0 Å². The van der Waals surface area contributed by atoms with Crippen molar-refractivity contribution in [2.75, 3.05) is 27.2 Å². The van der Waals surface area contributed by atoms with Crippen molar-refractivity contribution in [2.45, 2.75) is 70.9 Å². The van der Waals surface area contributed by atoms with Crippen LogP contribution in [-0.2, 0) is 0 Å². The van der Waals surface area contributed by atoms with Crippen LogP contribution in [0.2, 0.25) is 0 Å². The monoisotopic (exact) mass is 282 g/mol. The van der Waals surface area contributed by atoms with Gasteiger partial charge in [-0.25, -0.2) is 0 Å². The lowest BCUT2D eigenvalue weighted by Gasteiger charge is -2.31. The molecule has 1 fully saturated rings. The molecule has 1 aliphatic rings. The summed E-state index contributed by atoms with van der Waals surface area (Å²) in [6.07, 6.45) is 8.19. The summed E-state index contributed by atoms with van der Waals surface area (Å²) < 4.78 is 0. The first-order chi connectivity index (χ1) is 9.42. The van der Waals surface area contributed by atoms with Gasteiger partial charge < -0.3 is 15.5 Å². The van der Waals surface area contributed by atoms with Crippen LogP contribution in [0.5, 0.6) is 0 Å². The molecule has 0 atom stereocenters. The van der Waals surface area contributed by atoms with E-state index in [4.69, 9.17) is 0 Å². The third-order valence-electron chi connectivity index (χ3n) is 3.90. The Labute approximate surface area is 125 Å². The number of hydrogen-bond donors (Lipinski definition) is 2. The Kier molecular flexibility index (Phi) is 7.35. The Hall–Kier alpha value is -0.770. The number of nitrogens with one attached hydrogen (secondary N) is 2. The number of hydrogen-bond acceptors (Lipinski definition) is 2. The molecule has 0 aromatic carbocycles. The van der Waals surface area contributed by atoms with Gasteiger partial charge in [0.25, 0.3) is 0 Å². The second-order valence-corrected chi connectivity index (χ2v) is 7.00. The van der Waals surface area contributed by atoms with Crippen LogP contribution in [0.15, 0.2) is 4.99 Å². The van der Waals surface area contributed by atoms with E-state index < -0.39 is 0 Å². The molecule has 4 nitrogen and oxygen atoms in total. The van der Waals surface area contributed by atoms with Crippen LogP contribution in [0.25, 0.3) is 0 Å². The van der Waals surface area contributed by atoms with E-state index in [1.807, 2.05) is 7.05 Å². The molecule has 0 spiro atoms. The second-order valence-electron chi connectivity index (χ2n) is 7.00. The Bertz CT molecular complexity index is 287. The Morgan fingerprint density at radius 2 is 1.85 bits per heavy atom. The summed E-state index contributed by atoms with van der Waals surface area (Å²) in [5.41, 5.74) is 0.0563. The minimum Gasteiger partial charge on any atom is -0.356 e. The van der Waals surface area contributed by atoms with E-state index in [2.05, 4.69) is 48.3 Å². The minimum absolute atomic E-state index is 0.0563. The van der Waals surface area contributed by atoms with Gasteiger partial charge in [-0.3, -0.25) is 4.99 Å². The molecule has 0 aromatic heterocycles. The summed E-state index contributed by atoms with van der Waals surface area (Å²) in [6, 6.07) is 0.816. The third kappa shape index (κ3) is 7.13. The highest BCUT2D eigenvalue weighted by Crippen LogP contribution is 2.21. The lowest BCUT2D eigenvalue weighted by atomic mass is 9.94. The van der Waals surface area contributed by atoms with E-state index in [-0.39, 0.29) is 5.54 Å². The zero-order valence-corrected chi connectivity index (χ0v) is 14.1. The van der Waals surface area contributed by atoms with Crippen molar-refractivity contribution in [3.05, 3.63) is 0 Å². The van der Waals surface area contributed by atoms with Gasteiger partial charge in [0.05, 0.1) is 0 Å². The fraction of sp³-hybridized carbons (Fsp3) is 0.938. The summed E-state index contributed by atoms with van der Waals surface area (Å²) in [5.74, 6) is 0.901. The molecular weight excluding hydrogens is 248 g/mol. The molecule has 4 heteroatoms. The highest BCUT2D eigenvalue weighted by molar-refractivity contribution is 5.80. The predicted molar refractivity (Wildman–Crippen MR) is 88.4 cm³/mol. The lowest BCUT2D eigenvalue weighted by Crippen LogP contribution is -2.48. The van der Waals surface area contributed by atoms with Crippen LogP contribution in [0.4, 0.5) is 0 Å². The molecule has 2 N–H and O–H groups in total. The van der Waals surface area contributed by atoms with Gasteiger partial charge in [-0.2, -0.15) is 0 Å². The maximum absolute atomic E-state index is 4.26. The SMILES string of the molecule is CN=C(NCCCN(C)C1CCCCC1)NC(C)(C)C. The first-order valence-electron chi connectivity index (χ1n) is 8.11. The van der Waals surface area contributed by atoms with E-state index in [0.717, 1.165) is 25.0 Å². The Morgan fingerprint density at radius 1 is 1.20 bits per heavy atom. The van der Waals surface area contributed by atoms with Gasteiger partial charge in [0, 0.05) is 25.2 Å². The molecule has 0 bridgehead atoms. The molecule has 0 unspecified atom stereocenters. The first-order valence-corrected chi connectivity index (χ1v) is 8.11. The molecule has 0 aromatic rings. The topological polar surface area (TPSA) is 39.7 Å². The van der Waals surface area contributed by atoms with Crippen LogP contribution >= 0.6 is 0 Å². The molecule has 0 heterocycles. The van der Waals surface area contributed by atoms with E-state index in [9.17, 15) is 0 Å². The first kappa shape index (κ1) is 17.3. The summed E-state index contributed by atoms with van der Waals surface area (Å²) in [7, 11) is 4.10. The average molecular weight is 282 g/mol. The van der Waals surface area contributed by atoms with E-state index in [1.54, 1.807) is 0 Å². The highest BCUT2D eigenvalue weighted by Gasteiger charge is 2.17. The smallest absolute Gasteiger partial charge is 0.191 e. The normalized spacial score (nSPS) is 18.4. The molecule has 0 amide bonds. The molecule has 1 saturated carbocycles. The van der Waals surface area contributed by atoms with Crippen molar-refractivity contribution in [1.82, 2.24) is 15.5 Å². The summed E-state index contributed by atoms with van der Waals surface area (Å²) in [4.78, 5) is 6.80. The van der Waals surface area contributed by atoms with E-state index in [1.165, 1.54) is 38.6 Å². The van der Waals surface area contributed by atoms with Gasteiger partial charge in [0.2, 0.25) is 0 Å². The van der Waals surface area contributed by atoms with Crippen molar-refractivity contribution in [2.24, 2.45) is 4.99 Å².